The van der Waals surface area contributed by atoms with E-state index in [1.807, 2.05) is 69.3 Å². The Bertz CT molecular complexity index is 1800. The van der Waals surface area contributed by atoms with Crippen molar-refractivity contribution < 1.29 is 9.53 Å². The van der Waals surface area contributed by atoms with E-state index in [1.165, 1.54) is 11.3 Å². The van der Waals surface area contributed by atoms with E-state index in [0.717, 1.165) is 40.5 Å². The third-order valence-corrected chi connectivity index (χ3v) is 8.68. The number of rotatable bonds is 9. The number of thiazole rings is 1. The van der Waals surface area contributed by atoms with Crippen molar-refractivity contribution in [3.8, 4) is 5.75 Å². The Hall–Kier alpha value is -3.68. The zero-order valence-electron chi connectivity index (χ0n) is 23.8. The van der Waals surface area contributed by atoms with Crippen LogP contribution in [0.5, 0.6) is 5.75 Å². The van der Waals surface area contributed by atoms with Crippen LogP contribution in [0.3, 0.4) is 0 Å². The lowest BCUT2D eigenvalue weighted by atomic mass is 9.94. The minimum Gasteiger partial charge on any atom is -0.493 e. The van der Waals surface area contributed by atoms with Crippen LogP contribution < -0.4 is 19.6 Å². The fraction of sp³-hybridized carbons (Fsp3) is 0.303. The van der Waals surface area contributed by atoms with E-state index in [1.54, 1.807) is 21.6 Å². The van der Waals surface area contributed by atoms with Gasteiger partial charge in [0, 0.05) is 23.7 Å². The predicted octanol–water partition coefficient (Wildman–Crippen LogP) is 6.09. The predicted molar refractivity (Wildman–Crippen MR) is 167 cm³/mol. The van der Waals surface area contributed by atoms with Gasteiger partial charge >= 0.3 is 0 Å². The zero-order valence-corrected chi connectivity index (χ0v) is 25.4. The van der Waals surface area contributed by atoms with Crippen molar-refractivity contribution in [3.05, 3.63) is 108 Å². The maximum absolute atomic E-state index is 14.2. The first-order valence-corrected chi connectivity index (χ1v) is 15.3. The molecular weight excluding hydrogens is 554 g/mol. The van der Waals surface area contributed by atoms with Crippen LogP contribution >= 0.6 is 22.9 Å². The second-order valence-corrected chi connectivity index (χ2v) is 11.5. The van der Waals surface area contributed by atoms with Crippen LogP contribution in [0.2, 0.25) is 5.02 Å². The number of amides is 1. The molecule has 5 rings (SSSR count). The highest BCUT2D eigenvalue weighted by molar-refractivity contribution is 7.07. The van der Waals surface area contributed by atoms with Crippen LogP contribution in [-0.4, -0.2) is 35.1 Å². The molecule has 1 aliphatic heterocycles. The Balaban J connectivity index is 1.74. The molecule has 8 heteroatoms. The standard InChI is InChI=1S/C33H34ClN3O3S/c1-5-8-19-40-27-18-15-22-11-9-10-12-25(22)26(27)20-28-31(38)37-30(23-13-16-24(34)17-14-23)29(21(4)35-33(37)41-28)32(39)36(6-2)7-3/h9-18,20,30H,5-8,19H2,1-4H3/b28-20+/t30-/m0/s1. The van der Waals surface area contributed by atoms with Crippen molar-refractivity contribution in [2.75, 3.05) is 19.7 Å². The molecule has 0 spiro atoms. The molecule has 0 unspecified atom stereocenters. The molecule has 0 radical (unpaired) electrons. The molecule has 4 aromatic rings. The smallest absolute Gasteiger partial charge is 0.271 e. The minimum atomic E-state index is -0.619. The topological polar surface area (TPSA) is 63.9 Å². The molecule has 6 nitrogen and oxygen atoms in total. The van der Waals surface area contributed by atoms with Gasteiger partial charge in [-0.1, -0.05) is 78.7 Å². The number of unbranched alkanes of at least 4 members (excludes halogenated alkanes) is 1. The molecule has 0 aliphatic carbocycles. The number of carbonyl (C=O) groups is 1. The van der Waals surface area contributed by atoms with E-state index in [-0.39, 0.29) is 11.5 Å². The van der Waals surface area contributed by atoms with E-state index >= 15 is 0 Å². The summed E-state index contributed by atoms with van der Waals surface area (Å²) in [5.41, 5.74) is 2.59. The average Bonchev–Trinajstić information content (AvgIpc) is 3.28. The number of carbonyl (C=O) groups excluding carboxylic acids is 1. The molecule has 2 heterocycles. The number of nitrogens with zero attached hydrogens (tertiary/aromatic N) is 3. The molecule has 3 aromatic carbocycles. The lowest BCUT2D eigenvalue weighted by Gasteiger charge is -2.29. The van der Waals surface area contributed by atoms with Gasteiger partial charge in [0.1, 0.15) is 5.75 Å². The monoisotopic (exact) mass is 587 g/mol. The van der Waals surface area contributed by atoms with E-state index < -0.39 is 6.04 Å². The van der Waals surface area contributed by atoms with Crippen molar-refractivity contribution >= 4 is 45.7 Å². The third-order valence-electron chi connectivity index (χ3n) is 7.45. The first kappa shape index (κ1) is 28.8. The number of ether oxygens (including phenoxy) is 1. The molecular formula is C33H34ClN3O3S. The molecule has 212 valence electrons. The van der Waals surface area contributed by atoms with Gasteiger partial charge in [0.15, 0.2) is 4.80 Å². The summed E-state index contributed by atoms with van der Waals surface area (Å²) in [7, 11) is 0. The van der Waals surface area contributed by atoms with E-state index in [4.69, 9.17) is 21.3 Å². The van der Waals surface area contributed by atoms with Crippen molar-refractivity contribution in [2.24, 2.45) is 4.99 Å². The third kappa shape index (κ3) is 5.61. The normalized spacial score (nSPS) is 15.1. The van der Waals surface area contributed by atoms with E-state index in [2.05, 4.69) is 13.0 Å². The molecule has 0 bridgehead atoms. The lowest BCUT2D eigenvalue weighted by Crippen LogP contribution is -2.43. The van der Waals surface area contributed by atoms with Gasteiger partial charge < -0.3 is 9.64 Å². The first-order chi connectivity index (χ1) is 19.9. The van der Waals surface area contributed by atoms with Crippen LogP contribution in [0.25, 0.3) is 16.8 Å². The number of fused-ring (bicyclic) bond motifs is 2. The number of halogens is 1. The average molecular weight is 588 g/mol. The maximum atomic E-state index is 14.2. The van der Waals surface area contributed by atoms with Crippen molar-refractivity contribution in [1.82, 2.24) is 9.47 Å². The van der Waals surface area contributed by atoms with Gasteiger partial charge in [-0.25, -0.2) is 4.99 Å². The van der Waals surface area contributed by atoms with Crippen LogP contribution in [0.4, 0.5) is 0 Å². The summed E-state index contributed by atoms with van der Waals surface area (Å²) < 4.78 is 8.38. The molecule has 0 saturated heterocycles. The number of hydrogen-bond acceptors (Lipinski definition) is 5. The summed E-state index contributed by atoms with van der Waals surface area (Å²) in [5, 5.41) is 2.66. The van der Waals surface area contributed by atoms with Crippen LogP contribution in [0, 0.1) is 0 Å². The van der Waals surface area contributed by atoms with E-state index in [0.29, 0.717) is 45.3 Å². The first-order valence-electron chi connectivity index (χ1n) is 14.1. The Kier molecular flexibility index (Phi) is 8.76. The van der Waals surface area contributed by atoms with Crippen molar-refractivity contribution in [3.63, 3.8) is 0 Å². The number of allylic oxidation sites excluding steroid dienone is 1. The van der Waals surface area contributed by atoms with Gasteiger partial charge in [-0.3, -0.25) is 14.2 Å². The highest BCUT2D eigenvalue weighted by atomic mass is 35.5. The fourth-order valence-electron chi connectivity index (χ4n) is 5.24. The minimum absolute atomic E-state index is 0.119. The molecule has 1 atom stereocenters. The van der Waals surface area contributed by atoms with Gasteiger partial charge in [0.25, 0.3) is 11.5 Å². The summed E-state index contributed by atoms with van der Waals surface area (Å²) in [6, 6.07) is 18.8. The van der Waals surface area contributed by atoms with Gasteiger partial charge in [0.2, 0.25) is 0 Å². The summed E-state index contributed by atoms with van der Waals surface area (Å²) in [5.74, 6) is 0.622. The Labute approximate surface area is 248 Å². The van der Waals surface area contributed by atoms with Gasteiger partial charge in [-0.2, -0.15) is 0 Å². The highest BCUT2D eigenvalue weighted by Gasteiger charge is 2.34. The maximum Gasteiger partial charge on any atom is 0.271 e. The second-order valence-electron chi connectivity index (χ2n) is 10.0. The molecule has 1 aromatic heterocycles. The summed E-state index contributed by atoms with van der Waals surface area (Å²) in [6.45, 7) is 9.61. The molecule has 1 amide bonds. The van der Waals surface area contributed by atoms with Crippen LogP contribution in [-0.2, 0) is 4.79 Å². The molecule has 0 saturated carbocycles. The Morgan fingerprint density at radius 1 is 1.07 bits per heavy atom. The van der Waals surface area contributed by atoms with E-state index in [9.17, 15) is 9.59 Å². The SMILES string of the molecule is CCCCOc1ccc2ccccc2c1/C=c1/sc2n(c1=O)[C@@H](c1ccc(Cl)cc1)C(C(=O)N(CC)CC)=C(C)N=2. The Morgan fingerprint density at radius 3 is 2.51 bits per heavy atom. The fourth-order valence-corrected chi connectivity index (χ4v) is 6.40. The summed E-state index contributed by atoms with van der Waals surface area (Å²) in [6.07, 6.45) is 3.88. The second kappa shape index (κ2) is 12.5. The van der Waals surface area contributed by atoms with Crippen molar-refractivity contribution in [2.45, 2.75) is 46.6 Å². The molecule has 1 aliphatic rings. The van der Waals surface area contributed by atoms with Crippen LogP contribution in [0.15, 0.2) is 81.7 Å². The summed E-state index contributed by atoms with van der Waals surface area (Å²) in [4.78, 5) is 35.2. The molecule has 0 N–H and O–H groups in total. The van der Waals surface area contributed by atoms with Gasteiger partial charge in [-0.15, -0.1) is 0 Å². The highest BCUT2D eigenvalue weighted by Crippen LogP contribution is 2.32. The lowest BCUT2D eigenvalue weighted by molar-refractivity contribution is -0.127. The van der Waals surface area contributed by atoms with Crippen molar-refractivity contribution in [1.29, 1.82) is 0 Å². The van der Waals surface area contributed by atoms with Crippen LogP contribution in [0.1, 0.15) is 57.7 Å². The number of likely N-dealkylation sites (N-methyl/N-ethyl adjacent to an activating group) is 1. The number of hydrogen-bond donors (Lipinski definition) is 0. The summed E-state index contributed by atoms with van der Waals surface area (Å²) >= 11 is 7.55. The Morgan fingerprint density at radius 2 is 1.80 bits per heavy atom. The quantitative estimate of drug-likeness (QED) is 0.223. The molecule has 41 heavy (non-hydrogen) atoms. The number of benzene rings is 3. The molecule has 0 fully saturated rings. The van der Waals surface area contributed by atoms with Gasteiger partial charge in [-0.05, 0) is 67.8 Å². The number of aromatic nitrogens is 1. The zero-order chi connectivity index (χ0) is 29.1. The largest absolute Gasteiger partial charge is 0.493 e. The van der Waals surface area contributed by atoms with Gasteiger partial charge in [0.05, 0.1) is 28.5 Å².